The number of nitrogens with one attached hydrogen (secondary N) is 1. The maximum atomic E-state index is 12.2. The molecule has 0 radical (unpaired) electrons. The number of methoxy groups -OCH3 is 1. The van der Waals surface area contributed by atoms with Crippen LogP contribution in [0.3, 0.4) is 0 Å². The quantitative estimate of drug-likeness (QED) is 0.892. The fourth-order valence-electron chi connectivity index (χ4n) is 2.23. The Kier molecular flexibility index (Phi) is 5.17. The molecule has 0 aromatic heterocycles. The lowest BCUT2D eigenvalue weighted by Crippen LogP contribution is -2.32. The first kappa shape index (κ1) is 16.0. The van der Waals surface area contributed by atoms with Crippen molar-refractivity contribution in [1.82, 2.24) is 0 Å². The molecule has 0 aliphatic carbocycles. The molecule has 0 bridgehead atoms. The number of carbonyl (C=O) groups is 1. The van der Waals surface area contributed by atoms with Crippen molar-refractivity contribution in [2.75, 3.05) is 12.4 Å². The molecule has 2 rings (SSSR count). The first-order valence-electron chi connectivity index (χ1n) is 7.21. The Morgan fingerprint density at radius 3 is 2.41 bits per heavy atom. The highest BCUT2D eigenvalue weighted by molar-refractivity contribution is 5.95. The molecule has 2 aromatic carbocycles. The summed E-state index contributed by atoms with van der Waals surface area (Å²) in [5.74, 6) is -0.182. The van der Waals surface area contributed by atoms with Crippen LogP contribution in [0.4, 0.5) is 5.69 Å². The molecule has 4 nitrogen and oxygen atoms in total. The third-order valence-corrected chi connectivity index (χ3v) is 3.71. The molecule has 0 fully saturated rings. The molecular formula is C18H21NO3. The van der Waals surface area contributed by atoms with Crippen molar-refractivity contribution < 1.29 is 14.6 Å². The van der Waals surface area contributed by atoms with Crippen molar-refractivity contribution in [3.63, 3.8) is 0 Å². The molecule has 2 N–H and O–H groups in total. The Morgan fingerprint density at radius 2 is 1.77 bits per heavy atom. The van der Waals surface area contributed by atoms with Crippen LogP contribution in [0.5, 0.6) is 5.75 Å². The Labute approximate surface area is 130 Å². The van der Waals surface area contributed by atoms with Crippen LogP contribution in [-0.2, 0) is 4.79 Å². The average molecular weight is 299 g/mol. The normalized spacial score (nSPS) is 13.3. The summed E-state index contributed by atoms with van der Waals surface area (Å²) in [5.41, 5.74) is 2.61. The van der Waals surface area contributed by atoms with Gasteiger partial charge in [0.05, 0.1) is 12.8 Å². The highest BCUT2D eigenvalue weighted by Crippen LogP contribution is 2.25. The highest BCUT2D eigenvalue weighted by Gasteiger charge is 2.24. The van der Waals surface area contributed by atoms with Gasteiger partial charge in [0.15, 0.2) is 0 Å². The average Bonchev–Trinajstić information content (AvgIpc) is 2.54. The van der Waals surface area contributed by atoms with Gasteiger partial charge in [-0.2, -0.15) is 0 Å². The molecule has 0 unspecified atom stereocenters. The van der Waals surface area contributed by atoms with Crippen molar-refractivity contribution in [2.45, 2.75) is 25.9 Å². The minimum atomic E-state index is -1.13. The molecule has 0 spiro atoms. The van der Waals surface area contributed by atoms with E-state index in [2.05, 4.69) is 5.32 Å². The smallest absolute Gasteiger partial charge is 0.253 e. The second-order valence-corrected chi connectivity index (χ2v) is 5.33. The van der Waals surface area contributed by atoms with Crippen LogP contribution in [0.25, 0.3) is 0 Å². The van der Waals surface area contributed by atoms with Gasteiger partial charge in [0.25, 0.3) is 5.91 Å². The van der Waals surface area contributed by atoms with Gasteiger partial charge in [-0.3, -0.25) is 4.79 Å². The number of anilines is 1. The van der Waals surface area contributed by atoms with E-state index in [1.54, 1.807) is 18.2 Å². The number of aryl methyl sites for hydroxylation is 1. The lowest BCUT2D eigenvalue weighted by Gasteiger charge is -2.19. The third-order valence-electron chi connectivity index (χ3n) is 3.71. The SMILES string of the molecule is COc1ccccc1NC(=O)[C@H](O)[C@H](C)c1ccc(C)cc1. The molecule has 0 saturated carbocycles. The van der Waals surface area contributed by atoms with Crippen LogP contribution in [0, 0.1) is 6.92 Å². The Balaban J connectivity index is 2.10. The molecule has 0 aliphatic heterocycles. The van der Waals surface area contributed by atoms with E-state index in [9.17, 15) is 9.90 Å². The van der Waals surface area contributed by atoms with Gasteiger partial charge in [-0.1, -0.05) is 48.9 Å². The van der Waals surface area contributed by atoms with Gasteiger partial charge in [-0.15, -0.1) is 0 Å². The van der Waals surface area contributed by atoms with Crippen molar-refractivity contribution in [3.8, 4) is 5.75 Å². The number of aliphatic hydroxyl groups excluding tert-OH is 1. The summed E-state index contributed by atoms with van der Waals surface area (Å²) >= 11 is 0. The van der Waals surface area contributed by atoms with E-state index in [0.29, 0.717) is 11.4 Å². The summed E-state index contributed by atoms with van der Waals surface area (Å²) in [4.78, 5) is 12.2. The van der Waals surface area contributed by atoms with Crippen molar-refractivity contribution in [3.05, 3.63) is 59.7 Å². The van der Waals surface area contributed by atoms with Gasteiger partial charge in [-0.25, -0.2) is 0 Å². The topological polar surface area (TPSA) is 58.6 Å². The minimum Gasteiger partial charge on any atom is -0.495 e. The highest BCUT2D eigenvalue weighted by atomic mass is 16.5. The van der Waals surface area contributed by atoms with Crippen LogP contribution in [0.15, 0.2) is 48.5 Å². The van der Waals surface area contributed by atoms with E-state index in [-0.39, 0.29) is 5.92 Å². The van der Waals surface area contributed by atoms with Crippen LogP contribution in [0.1, 0.15) is 24.0 Å². The number of ether oxygens (including phenoxy) is 1. The number of aliphatic hydroxyl groups is 1. The maximum Gasteiger partial charge on any atom is 0.253 e. The second-order valence-electron chi connectivity index (χ2n) is 5.33. The largest absolute Gasteiger partial charge is 0.495 e. The molecule has 0 saturated heterocycles. The standard InChI is InChI=1S/C18H21NO3/c1-12-8-10-14(11-9-12)13(2)17(20)18(21)19-15-6-4-5-7-16(15)22-3/h4-11,13,17,20H,1-3H3,(H,19,21)/t13-,17-/m1/s1. The predicted octanol–water partition coefficient (Wildman–Crippen LogP) is 3.11. The fraction of sp³-hybridized carbons (Fsp3) is 0.278. The van der Waals surface area contributed by atoms with Crippen LogP contribution < -0.4 is 10.1 Å². The van der Waals surface area contributed by atoms with E-state index in [1.807, 2.05) is 44.2 Å². The Hall–Kier alpha value is -2.33. The van der Waals surface area contributed by atoms with Crippen molar-refractivity contribution in [2.24, 2.45) is 0 Å². The molecular weight excluding hydrogens is 278 g/mol. The summed E-state index contributed by atoms with van der Waals surface area (Å²) in [7, 11) is 1.54. The molecule has 22 heavy (non-hydrogen) atoms. The van der Waals surface area contributed by atoms with Gasteiger partial charge in [-0.05, 0) is 24.6 Å². The first-order chi connectivity index (χ1) is 10.5. The Morgan fingerprint density at radius 1 is 1.14 bits per heavy atom. The van der Waals surface area contributed by atoms with Crippen LogP contribution in [-0.4, -0.2) is 24.2 Å². The fourth-order valence-corrected chi connectivity index (χ4v) is 2.23. The molecule has 2 atom stereocenters. The Bertz CT molecular complexity index is 637. The second kappa shape index (κ2) is 7.09. The summed E-state index contributed by atoms with van der Waals surface area (Å²) < 4.78 is 5.19. The number of hydrogen-bond acceptors (Lipinski definition) is 3. The number of rotatable bonds is 5. The number of hydrogen-bond donors (Lipinski definition) is 2. The third kappa shape index (κ3) is 3.65. The molecule has 116 valence electrons. The summed E-state index contributed by atoms with van der Waals surface area (Å²) in [5, 5.41) is 13.0. The number of carbonyl (C=O) groups excluding carboxylic acids is 1. The molecule has 0 aliphatic rings. The lowest BCUT2D eigenvalue weighted by atomic mass is 9.94. The lowest BCUT2D eigenvalue weighted by molar-refractivity contribution is -0.124. The number of benzene rings is 2. The number of para-hydroxylation sites is 2. The van der Waals surface area contributed by atoms with Crippen LogP contribution in [0.2, 0.25) is 0 Å². The zero-order chi connectivity index (χ0) is 16.1. The predicted molar refractivity (Wildman–Crippen MR) is 87.2 cm³/mol. The number of amides is 1. The maximum absolute atomic E-state index is 12.2. The van der Waals surface area contributed by atoms with Gasteiger partial charge in [0, 0.05) is 5.92 Å². The van der Waals surface area contributed by atoms with Crippen LogP contribution >= 0.6 is 0 Å². The molecule has 0 heterocycles. The summed E-state index contributed by atoms with van der Waals surface area (Å²) in [6, 6.07) is 14.9. The zero-order valence-corrected chi connectivity index (χ0v) is 13.0. The van der Waals surface area contributed by atoms with E-state index in [0.717, 1.165) is 11.1 Å². The molecule has 4 heteroatoms. The van der Waals surface area contributed by atoms with E-state index in [4.69, 9.17) is 4.74 Å². The summed E-state index contributed by atoms with van der Waals surface area (Å²) in [6.45, 7) is 3.83. The van der Waals surface area contributed by atoms with E-state index >= 15 is 0 Å². The van der Waals surface area contributed by atoms with Crippen molar-refractivity contribution >= 4 is 11.6 Å². The first-order valence-corrected chi connectivity index (χ1v) is 7.21. The van der Waals surface area contributed by atoms with Gasteiger partial charge in [0.2, 0.25) is 0 Å². The van der Waals surface area contributed by atoms with Gasteiger partial charge in [0.1, 0.15) is 11.9 Å². The zero-order valence-electron chi connectivity index (χ0n) is 13.0. The van der Waals surface area contributed by atoms with E-state index < -0.39 is 12.0 Å². The minimum absolute atomic E-state index is 0.296. The van der Waals surface area contributed by atoms with Crippen molar-refractivity contribution in [1.29, 1.82) is 0 Å². The van der Waals surface area contributed by atoms with Gasteiger partial charge >= 0.3 is 0 Å². The monoisotopic (exact) mass is 299 g/mol. The summed E-state index contributed by atoms with van der Waals surface area (Å²) in [6.07, 6.45) is -1.13. The molecule has 1 amide bonds. The van der Waals surface area contributed by atoms with Gasteiger partial charge < -0.3 is 15.2 Å². The molecule has 2 aromatic rings. The van der Waals surface area contributed by atoms with E-state index in [1.165, 1.54) is 7.11 Å².